The van der Waals surface area contributed by atoms with E-state index in [1.165, 1.54) is 7.11 Å². The summed E-state index contributed by atoms with van der Waals surface area (Å²) in [4.78, 5) is 11.6. The first-order valence-corrected chi connectivity index (χ1v) is 8.21. The molecule has 3 unspecified atom stereocenters. The largest absolute Gasteiger partial charge is 0.468 e. The minimum atomic E-state index is -2.80. The van der Waals surface area contributed by atoms with E-state index in [-0.39, 0.29) is 11.9 Å². The summed E-state index contributed by atoms with van der Waals surface area (Å²) in [7, 11) is -1.40. The van der Waals surface area contributed by atoms with Crippen LogP contribution >= 0.6 is 0 Å². The zero-order valence-electron chi connectivity index (χ0n) is 10.9. The van der Waals surface area contributed by atoms with Crippen molar-refractivity contribution >= 4 is 15.8 Å². The number of hydrogen-bond acceptors (Lipinski definition) is 5. The van der Waals surface area contributed by atoms with Gasteiger partial charge in [0.1, 0.15) is 5.54 Å². The molecule has 2 aliphatic heterocycles. The zero-order valence-corrected chi connectivity index (χ0v) is 11.8. The highest BCUT2D eigenvalue weighted by Gasteiger charge is 2.43. The van der Waals surface area contributed by atoms with Crippen LogP contribution in [0, 0.1) is 11.8 Å². The van der Waals surface area contributed by atoms with Gasteiger partial charge in [0.2, 0.25) is 0 Å². The summed E-state index contributed by atoms with van der Waals surface area (Å²) in [6.45, 7) is 2.62. The van der Waals surface area contributed by atoms with Gasteiger partial charge in [0.25, 0.3) is 0 Å². The van der Waals surface area contributed by atoms with Crippen molar-refractivity contribution in [2.45, 2.75) is 31.7 Å². The Morgan fingerprint density at radius 3 is 2.72 bits per heavy atom. The molecule has 0 spiro atoms. The summed E-state index contributed by atoms with van der Waals surface area (Å²) in [6.07, 6.45) is 2.39. The van der Waals surface area contributed by atoms with Crippen LogP contribution in [0.1, 0.15) is 26.2 Å². The Morgan fingerprint density at radius 1 is 1.44 bits per heavy atom. The first kappa shape index (κ1) is 13.8. The first-order valence-electron chi connectivity index (χ1n) is 6.38. The van der Waals surface area contributed by atoms with E-state index in [4.69, 9.17) is 4.74 Å². The van der Waals surface area contributed by atoms with Gasteiger partial charge in [0.15, 0.2) is 9.84 Å². The summed E-state index contributed by atoms with van der Waals surface area (Å²) < 4.78 is 27.6. The highest BCUT2D eigenvalue weighted by Crippen LogP contribution is 2.33. The molecule has 0 aromatic carbocycles. The standard InChI is InChI=1S/C12H21NO4S/c1-12(11(14)17-2)6-10(7-13-12)5-9-3-4-18(15,16)8-9/h9-10,13H,3-8H2,1-2H3. The smallest absolute Gasteiger partial charge is 0.325 e. The predicted octanol–water partition coefficient (Wildman–Crippen LogP) is 0.352. The van der Waals surface area contributed by atoms with Crippen molar-refractivity contribution in [1.82, 2.24) is 5.32 Å². The van der Waals surface area contributed by atoms with Crippen LogP contribution in [0.25, 0.3) is 0 Å². The summed E-state index contributed by atoms with van der Waals surface area (Å²) in [5, 5.41) is 3.20. The lowest BCUT2D eigenvalue weighted by Gasteiger charge is -2.21. The maximum Gasteiger partial charge on any atom is 0.325 e. The highest BCUT2D eigenvalue weighted by atomic mass is 32.2. The quantitative estimate of drug-likeness (QED) is 0.753. The Balaban J connectivity index is 1.89. The molecule has 3 atom stereocenters. The van der Waals surface area contributed by atoms with Gasteiger partial charge >= 0.3 is 5.97 Å². The van der Waals surface area contributed by atoms with E-state index in [9.17, 15) is 13.2 Å². The van der Waals surface area contributed by atoms with Gasteiger partial charge in [-0.3, -0.25) is 4.79 Å². The summed E-state index contributed by atoms with van der Waals surface area (Å²) in [5.41, 5.74) is -0.600. The van der Waals surface area contributed by atoms with Crippen LogP contribution in [0.15, 0.2) is 0 Å². The number of carbonyl (C=O) groups excluding carboxylic acids is 1. The van der Waals surface area contributed by atoms with E-state index in [1.807, 2.05) is 6.92 Å². The Kier molecular flexibility index (Phi) is 3.69. The fraction of sp³-hybridized carbons (Fsp3) is 0.917. The van der Waals surface area contributed by atoms with Crippen LogP contribution in [-0.2, 0) is 19.4 Å². The molecule has 18 heavy (non-hydrogen) atoms. The lowest BCUT2D eigenvalue weighted by atomic mass is 9.88. The number of methoxy groups -OCH3 is 1. The van der Waals surface area contributed by atoms with Crippen LogP contribution in [0.2, 0.25) is 0 Å². The average molecular weight is 275 g/mol. The number of carbonyl (C=O) groups is 1. The molecule has 2 saturated heterocycles. The monoisotopic (exact) mass is 275 g/mol. The number of esters is 1. The van der Waals surface area contributed by atoms with Gasteiger partial charge in [-0.05, 0) is 44.6 Å². The molecule has 104 valence electrons. The third-order valence-corrected chi connectivity index (χ3v) is 5.94. The number of rotatable bonds is 3. The van der Waals surface area contributed by atoms with Crippen LogP contribution < -0.4 is 5.32 Å². The van der Waals surface area contributed by atoms with E-state index < -0.39 is 15.4 Å². The Hall–Kier alpha value is -0.620. The van der Waals surface area contributed by atoms with Gasteiger partial charge in [-0.15, -0.1) is 0 Å². The zero-order chi connectivity index (χ0) is 13.4. The molecule has 1 N–H and O–H groups in total. The van der Waals surface area contributed by atoms with Crippen molar-refractivity contribution in [3.63, 3.8) is 0 Å². The molecular weight excluding hydrogens is 254 g/mol. The number of nitrogens with one attached hydrogen (secondary N) is 1. The summed E-state index contributed by atoms with van der Waals surface area (Å²) >= 11 is 0. The van der Waals surface area contributed by atoms with Crippen LogP contribution in [-0.4, -0.2) is 45.1 Å². The van der Waals surface area contributed by atoms with Crippen molar-refractivity contribution in [2.75, 3.05) is 25.2 Å². The van der Waals surface area contributed by atoms with Gasteiger partial charge in [-0.2, -0.15) is 0 Å². The third-order valence-electron chi connectivity index (χ3n) is 4.11. The van der Waals surface area contributed by atoms with Crippen molar-refractivity contribution in [1.29, 1.82) is 0 Å². The molecule has 6 heteroatoms. The maximum atomic E-state index is 11.6. The van der Waals surface area contributed by atoms with E-state index in [2.05, 4.69) is 5.32 Å². The van der Waals surface area contributed by atoms with Crippen molar-refractivity contribution in [3.8, 4) is 0 Å². The highest BCUT2D eigenvalue weighted by molar-refractivity contribution is 7.91. The Bertz CT molecular complexity index is 433. The molecule has 2 heterocycles. The Labute approximate surface area is 108 Å². The van der Waals surface area contributed by atoms with Gasteiger partial charge in [0, 0.05) is 0 Å². The van der Waals surface area contributed by atoms with Gasteiger partial charge in [0.05, 0.1) is 18.6 Å². The van der Waals surface area contributed by atoms with E-state index in [1.54, 1.807) is 0 Å². The summed E-state index contributed by atoms with van der Waals surface area (Å²) in [5.74, 6) is 1.04. The number of hydrogen-bond donors (Lipinski definition) is 1. The Morgan fingerprint density at radius 2 is 2.17 bits per heavy atom. The average Bonchev–Trinajstić information content (AvgIpc) is 2.83. The van der Waals surface area contributed by atoms with Crippen LogP contribution in [0.3, 0.4) is 0 Å². The fourth-order valence-electron chi connectivity index (χ4n) is 3.17. The normalized spacial score (nSPS) is 38.8. The van der Waals surface area contributed by atoms with Gasteiger partial charge < -0.3 is 10.1 Å². The summed E-state index contributed by atoms with van der Waals surface area (Å²) in [6, 6.07) is 0. The molecule has 5 nitrogen and oxygen atoms in total. The molecule has 0 aliphatic carbocycles. The van der Waals surface area contributed by atoms with E-state index in [0.29, 0.717) is 17.4 Å². The molecule has 0 amide bonds. The second-order valence-corrected chi connectivity index (χ2v) is 8.01. The molecule has 0 bridgehead atoms. The second-order valence-electron chi connectivity index (χ2n) is 5.78. The van der Waals surface area contributed by atoms with Crippen molar-refractivity contribution in [2.24, 2.45) is 11.8 Å². The van der Waals surface area contributed by atoms with Gasteiger partial charge in [-0.25, -0.2) is 8.42 Å². The first-order chi connectivity index (χ1) is 8.35. The fourth-order valence-corrected chi connectivity index (χ4v) is 5.05. The van der Waals surface area contributed by atoms with E-state index in [0.717, 1.165) is 25.8 Å². The lowest BCUT2D eigenvalue weighted by Crippen LogP contribution is -2.45. The van der Waals surface area contributed by atoms with Crippen LogP contribution in [0.5, 0.6) is 0 Å². The number of ether oxygens (including phenoxy) is 1. The molecule has 2 fully saturated rings. The topological polar surface area (TPSA) is 72.5 Å². The molecule has 2 rings (SSSR count). The minimum Gasteiger partial charge on any atom is -0.468 e. The van der Waals surface area contributed by atoms with E-state index >= 15 is 0 Å². The predicted molar refractivity (Wildman–Crippen MR) is 67.9 cm³/mol. The minimum absolute atomic E-state index is 0.232. The molecule has 0 radical (unpaired) electrons. The molecular formula is C12H21NO4S. The molecule has 0 aromatic rings. The van der Waals surface area contributed by atoms with Crippen LogP contribution in [0.4, 0.5) is 0 Å². The second kappa shape index (κ2) is 4.81. The molecule has 2 aliphatic rings. The van der Waals surface area contributed by atoms with Crippen molar-refractivity contribution in [3.05, 3.63) is 0 Å². The molecule has 0 aromatic heterocycles. The molecule has 0 saturated carbocycles. The third kappa shape index (κ3) is 2.85. The lowest BCUT2D eigenvalue weighted by molar-refractivity contribution is -0.147. The van der Waals surface area contributed by atoms with Crippen molar-refractivity contribution < 1.29 is 17.9 Å². The maximum absolute atomic E-state index is 11.6. The SMILES string of the molecule is COC(=O)C1(C)CC(CC2CCS(=O)(=O)C2)CN1. The number of sulfone groups is 1. The van der Waals surface area contributed by atoms with Gasteiger partial charge in [-0.1, -0.05) is 0 Å².